The number of rotatable bonds is 6. The molecule has 5 nitrogen and oxygen atoms in total. The molecule has 0 saturated carbocycles. The summed E-state index contributed by atoms with van der Waals surface area (Å²) in [5.41, 5.74) is 4.05. The average Bonchev–Trinajstić information content (AvgIpc) is 2.68. The molecule has 1 amide bonds. The molecule has 3 rings (SSSR count). The smallest absolute Gasteiger partial charge is 0.261 e. The Bertz CT molecular complexity index is 1130. The van der Waals surface area contributed by atoms with Crippen molar-refractivity contribution in [1.82, 2.24) is 5.32 Å². The van der Waals surface area contributed by atoms with Crippen molar-refractivity contribution in [3.63, 3.8) is 0 Å². The number of amides is 1. The van der Waals surface area contributed by atoms with E-state index in [0.29, 0.717) is 11.3 Å². The number of nitrogens with one attached hydrogen (secondary N) is 2. The third kappa shape index (κ3) is 5.03. The second-order valence-corrected chi connectivity index (χ2v) is 8.74. The van der Waals surface area contributed by atoms with Crippen molar-refractivity contribution in [3.05, 3.63) is 95.1 Å². The van der Waals surface area contributed by atoms with Gasteiger partial charge in [0.05, 0.1) is 10.9 Å². The molecule has 0 fully saturated rings. The van der Waals surface area contributed by atoms with Crippen LogP contribution in [0.2, 0.25) is 0 Å². The van der Waals surface area contributed by atoms with Gasteiger partial charge in [-0.3, -0.25) is 9.52 Å². The zero-order valence-corrected chi connectivity index (χ0v) is 17.5. The van der Waals surface area contributed by atoms with E-state index in [-0.39, 0.29) is 16.8 Å². The van der Waals surface area contributed by atoms with E-state index < -0.39 is 10.0 Å². The van der Waals surface area contributed by atoms with Crippen molar-refractivity contribution in [2.45, 2.75) is 31.7 Å². The van der Waals surface area contributed by atoms with Crippen LogP contribution in [-0.4, -0.2) is 14.3 Å². The van der Waals surface area contributed by atoms with E-state index in [0.717, 1.165) is 11.1 Å². The highest BCUT2D eigenvalue weighted by Crippen LogP contribution is 2.21. The maximum absolute atomic E-state index is 12.7. The van der Waals surface area contributed by atoms with Gasteiger partial charge in [-0.25, -0.2) is 8.42 Å². The van der Waals surface area contributed by atoms with Crippen LogP contribution < -0.4 is 10.0 Å². The zero-order valence-electron chi connectivity index (χ0n) is 16.6. The van der Waals surface area contributed by atoms with Gasteiger partial charge in [0, 0.05) is 11.3 Å². The minimum Gasteiger partial charge on any atom is -0.346 e. The van der Waals surface area contributed by atoms with Crippen LogP contribution in [0.15, 0.2) is 77.7 Å². The fourth-order valence-electron chi connectivity index (χ4n) is 3.21. The van der Waals surface area contributed by atoms with E-state index in [1.165, 1.54) is 23.8 Å². The van der Waals surface area contributed by atoms with Crippen molar-refractivity contribution in [1.29, 1.82) is 0 Å². The number of anilines is 1. The van der Waals surface area contributed by atoms with Gasteiger partial charge in [0.25, 0.3) is 15.9 Å². The van der Waals surface area contributed by atoms with Gasteiger partial charge in [-0.2, -0.15) is 0 Å². The summed E-state index contributed by atoms with van der Waals surface area (Å²) in [6, 6.07) is 20.5. The second-order valence-electron chi connectivity index (χ2n) is 7.05. The highest BCUT2D eigenvalue weighted by Gasteiger charge is 2.16. The quantitative estimate of drug-likeness (QED) is 0.626. The third-order valence-corrected chi connectivity index (χ3v) is 6.07. The fraction of sp³-hybridized carbons (Fsp3) is 0.174. The van der Waals surface area contributed by atoms with Crippen molar-refractivity contribution >= 4 is 21.6 Å². The first kappa shape index (κ1) is 20.6. The molecule has 0 spiro atoms. The van der Waals surface area contributed by atoms with Crippen LogP contribution in [-0.2, 0) is 10.0 Å². The largest absolute Gasteiger partial charge is 0.346 e. The van der Waals surface area contributed by atoms with Gasteiger partial charge in [-0.15, -0.1) is 0 Å². The average molecular weight is 409 g/mol. The van der Waals surface area contributed by atoms with Gasteiger partial charge in [0.1, 0.15) is 0 Å². The molecule has 0 saturated heterocycles. The summed E-state index contributed by atoms with van der Waals surface area (Å²) in [6.45, 7) is 5.98. The highest BCUT2D eigenvalue weighted by molar-refractivity contribution is 7.92. The molecule has 1 atom stereocenters. The standard InChI is InChI=1S/C23H24N2O3S/c1-16-12-13-22(17(2)14-16)18(3)24-23(26)19-8-7-9-20(15-19)25-29(27,28)21-10-5-4-6-11-21/h4-15,18,25H,1-3H3,(H,24,26)/t18-/m0/s1. The number of carbonyl (C=O) groups is 1. The lowest BCUT2D eigenvalue weighted by Crippen LogP contribution is -2.27. The second kappa shape index (κ2) is 8.49. The Kier molecular flexibility index (Phi) is 6.03. The molecule has 0 unspecified atom stereocenters. The summed E-state index contributed by atoms with van der Waals surface area (Å²) in [6.07, 6.45) is 0. The van der Waals surface area contributed by atoms with Crippen molar-refractivity contribution in [2.24, 2.45) is 0 Å². The summed E-state index contributed by atoms with van der Waals surface area (Å²) in [5.74, 6) is -0.266. The van der Waals surface area contributed by atoms with Crippen LogP contribution in [0.3, 0.4) is 0 Å². The van der Waals surface area contributed by atoms with E-state index in [1.807, 2.05) is 32.9 Å². The topological polar surface area (TPSA) is 75.3 Å². The Balaban J connectivity index is 1.76. The van der Waals surface area contributed by atoms with E-state index in [4.69, 9.17) is 0 Å². The van der Waals surface area contributed by atoms with Crippen LogP contribution in [0, 0.1) is 13.8 Å². The molecule has 0 bridgehead atoms. The Hall–Kier alpha value is -3.12. The summed E-state index contributed by atoms with van der Waals surface area (Å²) in [4.78, 5) is 12.9. The molecule has 2 N–H and O–H groups in total. The molecule has 0 aromatic heterocycles. The summed E-state index contributed by atoms with van der Waals surface area (Å²) >= 11 is 0. The van der Waals surface area contributed by atoms with E-state index >= 15 is 0 Å². The highest BCUT2D eigenvalue weighted by atomic mass is 32.2. The van der Waals surface area contributed by atoms with E-state index in [9.17, 15) is 13.2 Å². The number of sulfonamides is 1. The Morgan fingerprint density at radius 3 is 2.31 bits per heavy atom. The molecule has 29 heavy (non-hydrogen) atoms. The molecule has 0 heterocycles. The van der Waals surface area contributed by atoms with Crippen molar-refractivity contribution in [3.8, 4) is 0 Å². The SMILES string of the molecule is Cc1ccc([C@H](C)NC(=O)c2cccc(NS(=O)(=O)c3ccccc3)c2)c(C)c1. The Morgan fingerprint density at radius 1 is 0.897 bits per heavy atom. The van der Waals surface area contributed by atoms with Gasteiger partial charge in [-0.05, 0) is 62.2 Å². The predicted octanol–water partition coefficient (Wildman–Crippen LogP) is 4.60. The first-order valence-electron chi connectivity index (χ1n) is 9.32. The number of carbonyl (C=O) groups excluding carboxylic acids is 1. The zero-order chi connectivity index (χ0) is 21.0. The first-order valence-corrected chi connectivity index (χ1v) is 10.8. The van der Waals surface area contributed by atoms with Gasteiger partial charge in [0.15, 0.2) is 0 Å². The third-order valence-electron chi connectivity index (χ3n) is 4.67. The molecule has 0 aliphatic carbocycles. The van der Waals surface area contributed by atoms with Crippen LogP contribution in [0.4, 0.5) is 5.69 Å². The number of aryl methyl sites for hydroxylation is 2. The predicted molar refractivity (Wildman–Crippen MR) is 115 cm³/mol. The van der Waals surface area contributed by atoms with Crippen molar-refractivity contribution < 1.29 is 13.2 Å². The molecule has 150 valence electrons. The molecule has 0 aliphatic heterocycles. The van der Waals surface area contributed by atoms with Crippen LogP contribution in [0.1, 0.15) is 40.0 Å². The summed E-state index contributed by atoms with van der Waals surface area (Å²) < 4.78 is 27.5. The Morgan fingerprint density at radius 2 is 1.62 bits per heavy atom. The van der Waals surface area contributed by atoms with Crippen LogP contribution in [0.25, 0.3) is 0 Å². The monoisotopic (exact) mass is 408 g/mol. The number of benzene rings is 3. The normalized spacial score (nSPS) is 12.2. The van der Waals surface area contributed by atoms with Gasteiger partial charge in [-0.1, -0.05) is 48.0 Å². The van der Waals surface area contributed by atoms with Gasteiger partial charge in [0.2, 0.25) is 0 Å². The maximum atomic E-state index is 12.7. The molecular formula is C23H24N2O3S. The minimum atomic E-state index is -3.71. The van der Waals surface area contributed by atoms with Crippen LogP contribution >= 0.6 is 0 Å². The molecule has 6 heteroatoms. The fourth-order valence-corrected chi connectivity index (χ4v) is 4.28. The van der Waals surface area contributed by atoms with E-state index in [1.54, 1.807) is 36.4 Å². The van der Waals surface area contributed by atoms with Crippen LogP contribution in [0.5, 0.6) is 0 Å². The summed E-state index contributed by atoms with van der Waals surface area (Å²) in [7, 11) is -3.71. The van der Waals surface area contributed by atoms with Gasteiger partial charge >= 0.3 is 0 Å². The Labute approximate surface area is 171 Å². The maximum Gasteiger partial charge on any atom is 0.261 e. The van der Waals surface area contributed by atoms with Crippen molar-refractivity contribution in [2.75, 3.05) is 4.72 Å². The lowest BCUT2D eigenvalue weighted by molar-refractivity contribution is 0.0940. The molecule has 3 aromatic carbocycles. The molecule has 0 aliphatic rings. The van der Waals surface area contributed by atoms with Gasteiger partial charge < -0.3 is 5.32 Å². The minimum absolute atomic E-state index is 0.165. The molecule has 0 radical (unpaired) electrons. The number of hydrogen-bond donors (Lipinski definition) is 2. The molecule has 3 aromatic rings. The molecular weight excluding hydrogens is 384 g/mol. The lowest BCUT2D eigenvalue weighted by atomic mass is 10.00. The number of hydrogen-bond acceptors (Lipinski definition) is 3. The first-order chi connectivity index (χ1) is 13.8. The summed E-state index contributed by atoms with van der Waals surface area (Å²) in [5, 5.41) is 2.98. The van der Waals surface area contributed by atoms with E-state index in [2.05, 4.69) is 16.1 Å². The lowest BCUT2D eigenvalue weighted by Gasteiger charge is -2.17.